The van der Waals surface area contributed by atoms with Crippen molar-refractivity contribution in [2.24, 2.45) is 0 Å². The average molecular weight is 260 g/mol. The van der Waals surface area contributed by atoms with Crippen LogP contribution in [-0.2, 0) is 0 Å². The monoisotopic (exact) mass is 260 g/mol. The Hall–Kier alpha value is -0.860. The smallest absolute Gasteiger partial charge is 0.0346 e. The van der Waals surface area contributed by atoms with Crippen LogP contribution in [0, 0.1) is 6.92 Å². The van der Waals surface area contributed by atoms with Crippen LogP contribution >= 0.6 is 0 Å². The average Bonchev–Trinajstić information content (AvgIpc) is 2.93. The van der Waals surface area contributed by atoms with E-state index in [4.69, 9.17) is 0 Å². The minimum Gasteiger partial charge on any atom is -0.313 e. The van der Waals surface area contributed by atoms with Crippen molar-refractivity contribution in [3.8, 4) is 0 Å². The third kappa shape index (κ3) is 3.80. The fraction of sp³-hybridized carbons (Fsp3) is 0.647. The Morgan fingerprint density at radius 2 is 2.00 bits per heavy atom. The molecule has 1 aliphatic heterocycles. The molecule has 1 heterocycles. The van der Waals surface area contributed by atoms with Crippen molar-refractivity contribution in [2.75, 3.05) is 19.6 Å². The SMILES string of the molecule is CCC(c1ccc(C)cc1)N(CC)CC1CCCN1. The fourth-order valence-electron chi connectivity index (χ4n) is 3.17. The first-order valence-electron chi connectivity index (χ1n) is 7.78. The predicted molar refractivity (Wildman–Crippen MR) is 82.5 cm³/mol. The number of hydrogen-bond donors (Lipinski definition) is 1. The van der Waals surface area contributed by atoms with Crippen molar-refractivity contribution in [2.45, 2.75) is 52.1 Å². The van der Waals surface area contributed by atoms with Gasteiger partial charge in [0.1, 0.15) is 0 Å². The van der Waals surface area contributed by atoms with E-state index in [0.29, 0.717) is 12.1 Å². The van der Waals surface area contributed by atoms with Gasteiger partial charge >= 0.3 is 0 Å². The van der Waals surface area contributed by atoms with Crippen molar-refractivity contribution < 1.29 is 0 Å². The second-order valence-electron chi connectivity index (χ2n) is 5.72. The van der Waals surface area contributed by atoms with Gasteiger partial charge in [-0.3, -0.25) is 4.90 Å². The number of hydrogen-bond acceptors (Lipinski definition) is 2. The summed E-state index contributed by atoms with van der Waals surface area (Å²) in [7, 11) is 0. The highest BCUT2D eigenvalue weighted by Crippen LogP contribution is 2.25. The summed E-state index contributed by atoms with van der Waals surface area (Å²) < 4.78 is 0. The molecule has 0 aromatic heterocycles. The molecule has 0 aliphatic carbocycles. The van der Waals surface area contributed by atoms with Crippen molar-refractivity contribution in [1.82, 2.24) is 10.2 Å². The molecule has 0 bridgehead atoms. The zero-order valence-corrected chi connectivity index (χ0v) is 12.7. The molecule has 0 spiro atoms. The molecule has 1 aliphatic rings. The summed E-state index contributed by atoms with van der Waals surface area (Å²) in [6, 6.07) is 10.3. The summed E-state index contributed by atoms with van der Waals surface area (Å²) >= 11 is 0. The van der Waals surface area contributed by atoms with E-state index in [1.165, 1.54) is 43.5 Å². The Morgan fingerprint density at radius 3 is 2.53 bits per heavy atom. The largest absolute Gasteiger partial charge is 0.313 e. The van der Waals surface area contributed by atoms with E-state index in [9.17, 15) is 0 Å². The van der Waals surface area contributed by atoms with Gasteiger partial charge in [0.2, 0.25) is 0 Å². The van der Waals surface area contributed by atoms with Crippen LogP contribution in [0.4, 0.5) is 0 Å². The van der Waals surface area contributed by atoms with Gasteiger partial charge in [0.05, 0.1) is 0 Å². The minimum atomic E-state index is 0.563. The fourth-order valence-corrected chi connectivity index (χ4v) is 3.17. The highest BCUT2D eigenvalue weighted by Gasteiger charge is 2.22. The topological polar surface area (TPSA) is 15.3 Å². The molecule has 19 heavy (non-hydrogen) atoms. The first-order valence-corrected chi connectivity index (χ1v) is 7.78. The van der Waals surface area contributed by atoms with Gasteiger partial charge in [-0.2, -0.15) is 0 Å². The predicted octanol–water partition coefficient (Wildman–Crippen LogP) is 3.52. The maximum atomic E-state index is 3.62. The van der Waals surface area contributed by atoms with Crippen molar-refractivity contribution in [3.63, 3.8) is 0 Å². The van der Waals surface area contributed by atoms with E-state index >= 15 is 0 Å². The minimum absolute atomic E-state index is 0.563. The molecule has 1 aromatic carbocycles. The molecular weight excluding hydrogens is 232 g/mol. The molecule has 0 amide bonds. The summed E-state index contributed by atoms with van der Waals surface area (Å²) in [5.74, 6) is 0. The Balaban J connectivity index is 2.06. The van der Waals surface area contributed by atoms with Crippen LogP contribution in [0.1, 0.15) is 50.3 Å². The highest BCUT2D eigenvalue weighted by atomic mass is 15.2. The van der Waals surface area contributed by atoms with Crippen molar-refractivity contribution in [1.29, 1.82) is 0 Å². The molecule has 2 nitrogen and oxygen atoms in total. The number of benzene rings is 1. The Kier molecular flexibility index (Phi) is 5.41. The molecule has 1 aromatic rings. The van der Waals surface area contributed by atoms with Gasteiger partial charge in [-0.15, -0.1) is 0 Å². The van der Waals surface area contributed by atoms with Crippen molar-refractivity contribution in [3.05, 3.63) is 35.4 Å². The lowest BCUT2D eigenvalue weighted by molar-refractivity contribution is 0.185. The number of aryl methyl sites for hydroxylation is 1. The lowest BCUT2D eigenvalue weighted by Crippen LogP contribution is -2.39. The lowest BCUT2D eigenvalue weighted by Gasteiger charge is -2.32. The first-order chi connectivity index (χ1) is 9.24. The van der Waals surface area contributed by atoms with Crippen LogP contribution in [0.15, 0.2) is 24.3 Å². The number of rotatable bonds is 6. The second kappa shape index (κ2) is 7.06. The summed E-state index contributed by atoms with van der Waals surface area (Å²) in [6.07, 6.45) is 3.86. The molecule has 2 atom stereocenters. The van der Waals surface area contributed by atoms with E-state index < -0.39 is 0 Å². The van der Waals surface area contributed by atoms with Crippen molar-refractivity contribution >= 4 is 0 Å². The molecule has 1 saturated heterocycles. The Morgan fingerprint density at radius 1 is 1.26 bits per heavy atom. The molecule has 0 radical (unpaired) electrons. The summed E-state index contributed by atoms with van der Waals surface area (Å²) in [4.78, 5) is 2.63. The van der Waals surface area contributed by atoms with E-state index in [-0.39, 0.29) is 0 Å². The molecule has 2 unspecified atom stereocenters. The van der Waals surface area contributed by atoms with Gasteiger partial charge in [0.15, 0.2) is 0 Å². The zero-order valence-electron chi connectivity index (χ0n) is 12.7. The Labute approximate surface area is 118 Å². The van der Waals surface area contributed by atoms with Gasteiger partial charge in [-0.1, -0.05) is 43.7 Å². The van der Waals surface area contributed by atoms with Crippen LogP contribution in [0.5, 0.6) is 0 Å². The quantitative estimate of drug-likeness (QED) is 0.842. The summed E-state index contributed by atoms with van der Waals surface area (Å²) in [6.45, 7) is 10.3. The third-order valence-corrected chi connectivity index (χ3v) is 4.31. The maximum absolute atomic E-state index is 3.62. The van der Waals surface area contributed by atoms with Gasteiger partial charge in [0.25, 0.3) is 0 Å². The molecule has 106 valence electrons. The third-order valence-electron chi connectivity index (χ3n) is 4.31. The molecule has 1 fully saturated rings. The van der Waals surface area contributed by atoms with E-state index in [2.05, 4.69) is 55.3 Å². The van der Waals surface area contributed by atoms with Gasteiger partial charge < -0.3 is 5.32 Å². The van der Waals surface area contributed by atoms with Crippen LogP contribution in [-0.4, -0.2) is 30.6 Å². The van der Waals surface area contributed by atoms with Crippen LogP contribution in [0.2, 0.25) is 0 Å². The summed E-state index contributed by atoms with van der Waals surface area (Å²) in [5, 5.41) is 3.62. The highest BCUT2D eigenvalue weighted by molar-refractivity contribution is 5.24. The van der Waals surface area contributed by atoms with E-state index in [0.717, 1.165) is 6.54 Å². The molecule has 0 saturated carbocycles. The molecular formula is C17H28N2. The number of nitrogens with one attached hydrogen (secondary N) is 1. The molecule has 2 heteroatoms. The summed E-state index contributed by atoms with van der Waals surface area (Å²) in [5.41, 5.74) is 2.81. The van der Waals surface area contributed by atoms with Gasteiger partial charge in [0, 0.05) is 18.6 Å². The molecule has 2 rings (SSSR count). The molecule has 1 N–H and O–H groups in total. The maximum Gasteiger partial charge on any atom is 0.0346 e. The number of likely N-dealkylation sites (N-methyl/N-ethyl adjacent to an activating group) is 1. The van der Waals surface area contributed by atoms with E-state index in [1.54, 1.807) is 0 Å². The van der Waals surface area contributed by atoms with Crippen LogP contribution in [0.3, 0.4) is 0 Å². The normalized spacial score (nSPS) is 20.9. The van der Waals surface area contributed by atoms with Gasteiger partial charge in [-0.05, 0) is 44.8 Å². The van der Waals surface area contributed by atoms with Crippen LogP contribution in [0.25, 0.3) is 0 Å². The van der Waals surface area contributed by atoms with Gasteiger partial charge in [-0.25, -0.2) is 0 Å². The second-order valence-corrected chi connectivity index (χ2v) is 5.72. The first kappa shape index (κ1) is 14.5. The zero-order chi connectivity index (χ0) is 13.7. The van der Waals surface area contributed by atoms with E-state index in [1.807, 2.05) is 0 Å². The lowest BCUT2D eigenvalue weighted by atomic mass is 10.0. The van der Waals surface area contributed by atoms with Crippen LogP contribution < -0.4 is 5.32 Å². The Bertz CT molecular complexity index is 365. The number of nitrogens with zero attached hydrogens (tertiary/aromatic N) is 1. The standard InChI is InChI=1S/C17H28N2/c1-4-17(15-10-8-14(3)9-11-15)19(5-2)13-16-7-6-12-18-16/h8-11,16-18H,4-7,12-13H2,1-3H3.